The molecule has 1 heterocycles. The number of carbonyl (C=O) groups excluding carboxylic acids is 1. The van der Waals surface area contributed by atoms with Gasteiger partial charge in [0.2, 0.25) is 0 Å². The first kappa shape index (κ1) is 19.4. The molecule has 3 aromatic rings. The second-order valence-corrected chi connectivity index (χ2v) is 8.09. The Bertz CT molecular complexity index is 1100. The first-order valence-electron chi connectivity index (χ1n) is 10.5. The molecule has 1 fully saturated rings. The molecule has 0 spiro atoms. The van der Waals surface area contributed by atoms with Gasteiger partial charge in [0.1, 0.15) is 6.61 Å². The normalized spacial score (nSPS) is 19.7. The number of rotatable bonds is 4. The molecule has 1 unspecified atom stereocenters. The summed E-state index contributed by atoms with van der Waals surface area (Å²) >= 11 is 0. The smallest absolute Gasteiger partial charge is 0.411 e. The maximum atomic E-state index is 13.2. The van der Waals surface area contributed by atoms with Crippen molar-refractivity contribution >= 4 is 12.1 Å². The van der Waals surface area contributed by atoms with Crippen LogP contribution in [0, 0.1) is 0 Å². The molecule has 156 valence electrons. The first-order chi connectivity index (χ1) is 15.1. The van der Waals surface area contributed by atoms with E-state index in [4.69, 9.17) is 4.74 Å². The van der Waals surface area contributed by atoms with Gasteiger partial charge in [-0.25, -0.2) is 9.59 Å². The molecule has 5 heteroatoms. The number of carboxylic acid groups (broad SMARTS) is 1. The molecule has 5 nitrogen and oxygen atoms in total. The van der Waals surface area contributed by atoms with Crippen molar-refractivity contribution in [2.45, 2.75) is 24.3 Å². The Hall–Kier alpha value is -3.60. The Morgan fingerprint density at radius 1 is 0.903 bits per heavy atom. The molecule has 1 aliphatic heterocycles. The van der Waals surface area contributed by atoms with Crippen molar-refractivity contribution in [2.24, 2.45) is 0 Å². The van der Waals surface area contributed by atoms with E-state index in [1.54, 1.807) is 24.3 Å². The van der Waals surface area contributed by atoms with Crippen molar-refractivity contribution in [1.29, 1.82) is 0 Å². The highest BCUT2D eigenvalue weighted by molar-refractivity contribution is 5.87. The van der Waals surface area contributed by atoms with Crippen molar-refractivity contribution in [1.82, 2.24) is 4.90 Å². The summed E-state index contributed by atoms with van der Waals surface area (Å²) in [5.41, 5.74) is 3.79. The lowest BCUT2D eigenvalue weighted by atomic mass is 9.87. The summed E-state index contributed by atoms with van der Waals surface area (Å²) < 4.78 is 5.77. The van der Waals surface area contributed by atoms with Gasteiger partial charge in [-0.2, -0.15) is 0 Å². The molecule has 0 aromatic heterocycles. The van der Waals surface area contributed by atoms with Gasteiger partial charge >= 0.3 is 12.1 Å². The molecule has 1 atom stereocenters. The zero-order chi connectivity index (χ0) is 21.4. The Morgan fingerprint density at radius 2 is 1.48 bits per heavy atom. The van der Waals surface area contributed by atoms with Crippen molar-refractivity contribution in [2.75, 3.05) is 13.2 Å². The Labute approximate surface area is 180 Å². The molecular weight excluding hydrogens is 390 g/mol. The average molecular weight is 413 g/mol. The number of nitrogens with zero attached hydrogens (tertiary/aromatic N) is 1. The summed E-state index contributed by atoms with van der Waals surface area (Å²) in [6, 6.07) is 25.3. The molecule has 5 rings (SSSR count). The van der Waals surface area contributed by atoms with Gasteiger partial charge in [0.25, 0.3) is 0 Å². The highest BCUT2D eigenvalue weighted by Crippen LogP contribution is 2.45. The number of aliphatic carboxylic acids is 1. The molecule has 0 radical (unpaired) electrons. The third kappa shape index (κ3) is 3.00. The molecule has 1 aliphatic carbocycles. The molecule has 1 amide bonds. The fourth-order valence-electron chi connectivity index (χ4n) is 5.10. The topological polar surface area (TPSA) is 66.8 Å². The highest BCUT2D eigenvalue weighted by atomic mass is 16.6. The predicted octanol–water partition coefficient (Wildman–Crippen LogP) is 5.01. The van der Waals surface area contributed by atoms with E-state index < -0.39 is 17.6 Å². The summed E-state index contributed by atoms with van der Waals surface area (Å²) in [5, 5.41) is 10.1. The lowest BCUT2D eigenvalue weighted by Crippen LogP contribution is -2.51. The lowest BCUT2D eigenvalue weighted by Gasteiger charge is -2.34. The maximum Gasteiger partial charge on any atom is 0.411 e. The van der Waals surface area contributed by atoms with Gasteiger partial charge in [-0.05, 0) is 40.7 Å². The largest absolute Gasteiger partial charge is 0.479 e. The third-order valence-electron chi connectivity index (χ3n) is 6.54. The molecule has 2 aliphatic rings. The van der Waals surface area contributed by atoms with E-state index in [1.807, 2.05) is 30.3 Å². The minimum absolute atomic E-state index is 0.0603. The van der Waals surface area contributed by atoms with Crippen LogP contribution >= 0.6 is 0 Å². The number of benzene rings is 3. The Kier molecular flexibility index (Phi) is 4.74. The van der Waals surface area contributed by atoms with E-state index in [0.717, 1.165) is 22.3 Å². The van der Waals surface area contributed by atoms with E-state index in [0.29, 0.717) is 24.9 Å². The van der Waals surface area contributed by atoms with E-state index in [1.165, 1.54) is 4.90 Å². The summed E-state index contributed by atoms with van der Waals surface area (Å²) in [4.78, 5) is 26.9. The third-order valence-corrected chi connectivity index (χ3v) is 6.54. The second-order valence-electron chi connectivity index (χ2n) is 8.09. The van der Waals surface area contributed by atoms with Crippen LogP contribution in [-0.4, -0.2) is 35.2 Å². The van der Waals surface area contributed by atoms with Crippen molar-refractivity contribution in [3.05, 3.63) is 95.6 Å². The van der Waals surface area contributed by atoms with Crippen molar-refractivity contribution in [3.8, 4) is 11.1 Å². The Balaban J connectivity index is 1.42. The minimum atomic E-state index is -1.39. The van der Waals surface area contributed by atoms with E-state index in [2.05, 4.69) is 24.3 Å². The fraction of sp³-hybridized carbons (Fsp3) is 0.231. The number of hydrogen-bond acceptors (Lipinski definition) is 3. The van der Waals surface area contributed by atoms with Crippen LogP contribution in [-0.2, 0) is 15.1 Å². The van der Waals surface area contributed by atoms with Gasteiger partial charge in [-0.3, -0.25) is 4.90 Å². The van der Waals surface area contributed by atoms with Gasteiger partial charge in [0, 0.05) is 12.5 Å². The molecule has 1 saturated heterocycles. The van der Waals surface area contributed by atoms with Gasteiger partial charge < -0.3 is 9.84 Å². The standard InChI is InChI=1S/C26H23NO4/c28-24(29)26(18-9-2-1-3-10-18)15-8-16-27(26)25(30)31-17-23-21-13-6-4-11-19(21)20-12-5-7-14-22(20)23/h1-7,9-14,23H,8,15-17H2,(H,28,29). The van der Waals surface area contributed by atoms with Crippen LogP contribution in [0.15, 0.2) is 78.9 Å². The number of likely N-dealkylation sites (tertiary alicyclic amines) is 1. The van der Waals surface area contributed by atoms with Gasteiger partial charge in [-0.1, -0.05) is 78.9 Å². The van der Waals surface area contributed by atoms with E-state index >= 15 is 0 Å². The zero-order valence-corrected chi connectivity index (χ0v) is 17.0. The lowest BCUT2D eigenvalue weighted by molar-refractivity contribution is -0.149. The summed E-state index contributed by atoms with van der Waals surface area (Å²) in [5.74, 6) is -1.08. The van der Waals surface area contributed by atoms with Gasteiger partial charge in [0.05, 0.1) is 0 Å². The molecule has 3 aromatic carbocycles. The monoisotopic (exact) mass is 413 g/mol. The highest BCUT2D eigenvalue weighted by Gasteiger charge is 2.52. The number of amides is 1. The van der Waals surface area contributed by atoms with Crippen LogP contribution < -0.4 is 0 Å². The first-order valence-corrected chi connectivity index (χ1v) is 10.5. The van der Waals surface area contributed by atoms with Crippen molar-refractivity contribution in [3.63, 3.8) is 0 Å². The summed E-state index contributed by atoms with van der Waals surface area (Å²) in [7, 11) is 0. The molecule has 1 N–H and O–H groups in total. The van der Waals surface area contributed by atoms with Crippen LogP contribution in [0.5, 0.6) is 0 Å². The van der Waals surface area contributed by atoms with Crippen LogP contribution in [0.3, 0.4) is 0 Å². The van der Waals surface area contributed by atoms with Crippen LogP contribution in [0.1, 0.15) is 35.4 Å². The molecule has 31 heavy (non-hydrogen) atoms. The molecular formula is C26H23NO4. The molecule has 0 saturated carbocycles. The maximum absolute atomic E-state index is 13.2. The minimum Gasteiger partial charge on any atom is -0.479 e. The van der Waals surface area contributed by atoms with Gasteiger partial charge in [0.15, 0.2) is 5.54 Å². The fourth-order valence-corrected chi connectivity index (χ4v) is 5.10. The van der Waals surface area contributed by atoms with Gasteiger partial charge in [-0.15, -0.1) is 0 Å². The van der Waals surface area contributed by atoms with Crippen LogP contribution in [0.2, 0.25) is 0 Å². The van der Waals surface area contributed by atoms with Crippen LogP contribution in [0.25, 0.3) is 11.1 Å². The zero-order valence-electron chi connectivity index (χ0n) is 17.0. The van der Waals surface area contributed by atoms with Crippen LogP contribution in [0.4, 0.5) is 4.79 Å². The quantitative estimate of drug-likeness (QED) is 0.653. The van der Waals surface area contributed by atoms with E-state index in [-0.39, 0.29) is 12.5 Å². The summed E-state index contributed by atoms with van der Waals surface area (Å²) in [6.07, 6.45) is 0.410. The average Bonchev–Trinajstić information content (AvgIpc) is 3.39. The number of ether oxygens (including phenoxy) is 1. The number of hydrogen-bond donors (Lipinski definition) is 1. The number of carbonyl (C=O) groups is 2. The molecule has 0 bridgehead atoms. The predicted molar refractivity (Wildman–Crippen MR) is 117 cm³/mol. The number of carboxylic acids is 1. The number of fused-ring (bicyclic) bond motifs is 3. The second kappa shape index (κ2) is 7.58. The van der Waals surface area contributed by atoms with E-state index in [9.17, 15) is 14.7 Å². The van der Waals surface area contributed by atoms with Crippen molar-refractivity contribution < 1.29 is 19.4 Å². The summed E-state index contributed by atoms with van der Waals surface area (Å²) in [6.45, 7) is 0.533. The Morgan fingerprint density at radius 3 is 2.10 bits per heavy atom. The SMILES string of the molecule is O=C(OCC1c2ccccc2-c2ccccc21)N1CCCC1(C(=O)O)c1ccccc1.